The summed E-state index contributed by atoms with van der Waals surface area (Å²) in [6.07, 6.45) is 4.05. The third-order valence-electron chi connectivity index (χ3n) is 5.50. The van der Waals surface area contributed by atoms with Gasteiger partial charge in [-0.1, -0.05) is 61.4 Å². The van der Waals surface area contributed by atoms with Crippen LogP contribution < -0.4 is 10.7 Å². The molecule has 1 aliphatic carbocycles. The molecular formula is C20H24N6O3S. The molecule has 0 bridgehead atoms. The maximum atomic E-state index is 12.8. The van der Waals surface area contributed by atoms with E-state index in [2.05, 4.69) is 20.9 Å². The minimum absolute atomic E-state index is 0.0109. The Morgan fingerprint density at radius 3 is 2.60 bits per heavy atom. The highest BCUT2D eigenvalue weighted by Gasteiger charge is 2.52. The lowest BCUT2D eigenvalue weighted by molar-refractivity contribution is -0.139. The number of hydrogen-bond donors (Lipinski definition) is 2. The zero-order chi connectivity index (χ0) is 21.1. The highest BCUT2D eigenvalue weighted by Crippen LogP contribution is 2.33. The molecule has 1 spiro atoms. The Hall–Kier alpha value is -2.88. The first kappa shape index (κ1) is 20.4. The molecule has 1 aromatic carbocycles. The molecule has 4 rings (SSSR count). The van der Waals surface area contributed by atoms with Gasteiger partial charge in [0.2, 0.25) is 5.91 Å². The molecule has 2 N–H and O–H groups in total. The van der Waals surface area contributed by atoms with Crippen molar-refractivity contribution in [2.24, 2.45) is 0 Å². The Morgan fingerprint density at radius 1 is 1.17 bits per heavy atom. The van der Waals surface area contributed by atoms with E-state index < -0.39 is 17.5 Å². The molecule has 2 aromatic rings. The second-order valence-corrected chi connectivity index (χ2v) is 8.40. The average Bonchev–Trinajstić information content (AvgIpc) is 3.28. The van der Waals surface area contributed by atoms with Gasteiger partial charge in [-0.2, -0.15) is 5.01 Å². The number of hydrazine groups is 1. The first-order chi connectivity index (χ1) is 14.5. The lowest BCUT2D eigenvalue weighted by Gasteiger charge is -2.30. The highest BCUT2D eigenvalue weighted by atomic mass is 32.2. The maximum Gasteiger partial charge on any atom is 0.344 e. The number of carbonyl (C=O) groups excluding carboxylic acids is 3. The molecule has 0 radical (unpaired) electrons. The number of nitrogens with zero attached hydrogens (tertiary/aromatic N) is 4. The number of nitrogens with one attached hydrogen (secondary N) is 2. The summed E-state index contributed by atoms with van der Waals surface area (Å²) in [5, 5.41) is 12.7. The topological polar surface area (TPSA) is 109 Å². The number of thioether (sulfide) groups is 1. The Bertz CT molecular complexity index is 955. The van der Waals surface area contributed by atoms with Crippen molar-refractivity contribution in [2.45, 2.75) is 56.3 Å². The molecule has 2 heterocycles. The van der Waals surface area contributed by atoms with E-state index in [4.69, 9.17) is 0 Å². The van der Waals surface area contributed by atoms with Gasteiger partial charge in [-0.15, -0.1) is 10.2 Å². The number of benzene rings is 1. The van der Waals surface area contributed by atoms with Crippen molar-refractivity contribution in [3.05, 3.63) is 30.3 Å². The average molecular weight is 429 g/mol. The van der Waals surface area contributed by atoms with Gasteiger partial charge in [-0.05, 0) is 19.8 Å². The van der Waals surface area contributed by atoms with Crippen molar-refractivity contribution in [2.75, 3.05) is 5.75 Å². The van der Waals surface area contributed by atoms with Crippen LogP contribution in [0.2, 0.25) is 0 Å². The maximum absolute atomic E-state index is 12.8. The fraction of sp³-hybridized carbons (Fsp3) is 0.450. The van der Waals surface area contributed by atoms with Crippen molar-refractivity contribution < 1.29 is 14.4 Å². The summed E-state index contributed by atoms with van der Waals surface area (Å²) in [5.74, 6) is -0.0666. The predicted molar refractivity (Wildman–Crippen MR) is 111 cm³/mol. The Morgan fingerprint density at radius 2 is 1.90 bits per heavy atom. The van der Waals surface area contributed by atoms with Crippen LogP contribution >= 0.6 is 11.8 Å². The van der Waals surface area contributed by atoms with Crippen LogP contribution in [-0.4, -0.2) is 48.9 Å². The Balaban J connectivity index is 1.39. The molecule has 158 valence electrons. The van der Waals surface area contributed by atoms with E-state index in [1.807, 2.05) is 41.8 Å². The standard InChI is InChI=1S/C20H24N6O3S/c1-2-25-16(14-9-5-3-6-10-14)22-23-19(25)30-13-15(27)24-26-17(28)20(21-18(26)29)11-7-4-8-12-20/h3,5-6,9-10H,2,4,7-8,11-13H2,1H3,(H,21,29)(H,24,27). The number of carbonyl (C=O) groups is 3. The highest BCUT2D eigenvalue weighted by molar-refractivity contribution is 7.99. The lowest BCUT2D eigenvalue weighted by atomic mass is 9.82. The van der Waals surface area contributed by atoms with Crippen LogP contribution in [0.1, 0.15) is 39.0 Å². The van der Waals surface area contributed by atoms with Gasteiger partial charge in [0.15, 0.2) is 11.0 Å². The van der Waals surface area contributed by atoms with Gasteiger partial charge in [0.05, 0.1) is 5.75 Å². The molecule has 9 nitrogen and oxygen atoms in total. The molecule has 0 atom stereocenters. The van der Waals surface area contributed by atoms with Crippen LogP contribution in [0.4, 0.5) is 4.79 Å². The summed E-state index contributed by atoms with van der Waals surface area (Å²) in [5.41, 5.74) is 2.54. The van der Waals surface area contributed by atoms with Crippen molar-refractivity contribution >= 4 is 29.6 Å². The minimum Gasteiger partial charge on any atom is -0.322 e. The summed E-state index contributed by atoms with van der Waals surface area (Å²) in [6, 6.07) is 9.14. The van der Waals surface area contributed by atoms with E-state index >= 15 is 0 Å². The van der Waals surface area contributed by atoms with Crippen molar-refractivity contribution in [3.63, 3.8) is 0 Å². The predicted octanol–water partition coefficient (Wildman–Crippen LogP) is 2.34. The Kier molecular flexibility index (Phi) is 5.76. The van der Waals surface area contributed by atoms with Gasteiger partial charge >= 0.3 is 6.03 Å². The zero-order valence-corrected chi connectivity index (χ0v) is 17.6. The van der Waals surface area contributed by atoms with Gasteiger partial charge in [0, 0.05) is 12.1 Å². The second kappa shape index (κ2) is 8.47. The van der Waals surface area contributed by atoms with Crippen LogP contribution in [0.5, 0.6) is 0 Å². The molecule has 30 heavy (non-hydrogen) atoms. The Labute approximate surface area is 178 Å². The summed E-state index contributed by atoms with van der Waals surface area (Å²) < 4.78 is 1.93. The molecule has 2 aliphatic rings. The van der Waals surface area contributed by atoms with Crippen LogP contribution in [0.25, 0.3) is 11.4 Å². The minimum atomic E-state index is -0.858. The number of imide groups is 1. The van der Waals surface area contributed by atoms with E-state index in [0.717, 1.165) is 35.7 Å². The molecule has 10 heteroatoms. The summed E-state index contributed by atoms with van der Waals surface area (Å²) in [4.78, 5) is 37.5. The van der Waals surface area contributed by atoms with Crippen molar-refractivity contribution in [1.29, 1.82) is 0 Å². The fourth-order valence-electron chi connectivity index (χ4n) is 3.98. The van der Waals surface area contributed by atoms with Crippen LogP contribution in [-0.2, 0) is 16.1 Å². The van der Waals surface area contributed by atoms with Gasteiger partial charge < -0.3 is 9.88 Å². The molecule has 4 amide bonds. The van der Waals surface area contributed by atoms with Crippen LogP contribution in [0, 0.1) is 0 Å². The summed E-state index contributed by atoms with van der Waals surface area (Å²) in [7, 11) is 0. The molecule has 1 saturated heterocycles. The fourth-order valence-corrected chi connectivity index (χ4v) is 4.78. The van der Waals surface area contributed by atoms with E-state index in [1.54, 1.807) is 0 Å². The third kappa shape index (κ3) is 3.79. The lowest BCUT2D eigenvalue weighted by Crippen LogP contribution is -2.51. The first-order valence-electron chi connectivity index (χ1n) is 10.1. The van der Waals surface area contributed by atoms with Crippen molar-refractivity contribution in [3.8, 4) is 11.4 Å². The SMILES string of the molecule is CCn1c(SCC(=O)NN2C(=O)NC3(CCCCC3)C2=O)nnc1-c1ccccc1. The quantitative estimate of drug-likeness (QED) is 0.540. The normalized spacial score (nSPS) is 18.0. The number of rotatable bonds is 6. The number of aromatic nitrogens is 3. The van der Waals surface area contributed by atoms with E-state index in [-0.39, 0.29) is 11.7 Å². The number of urea groups is 1. The van der Waals surface area contributed by atoms with E-state index in [0.29, 0.717) is 24.5 Å². The molecule has 2 fully saturated rings. The third-order valence-corrected chi connectivity index (χ3v) is 6.47. The largest absolute Gasteiger partial charge is 0.344 e. The van der Waals surface area contributed by atoms with E-state index in [1.165, 1.54) is 11.8 Å². The zero-order valence-electron chi connectivity index (χ0n) is 16.8. The number of amides is 4. The molecule has 1 saturated carbocycles. The number of hydrogen-bond acceptors (Lipinski definition) is 6. The van der Waals surface area contributed by atoms with Gasteiger partial charge in [0.25, 0.3) is 5.91 Å². The molecule has 1 aliphatic heterocycles. The summed E-state index contributed by atoms with van der Waals surface area (Å²) >= 11 is 1.22. The smallest absolute Gasteiger partial charge is 0.322 e. The van der Waals surface area contributed by atoms with Crippen LogP contribution in [0.3, 0.4) is 0 Å². The summed E-state index contributed by atoms with van der Waals surface area (Å²) in [6.45, 7) is 2.63. The molecule has 1 aromatic heterocycles. The molecular weight excluding hydrogens is 404 g/mol. The van der Waals surface area contributed by atoms with Crippen molar-refractivity contribution in [1.82, 2.24) is 30.5 Å². The first-order valence-corrected chi connectivity index (χ1v) is 11.1. The second-order valence-electron chi connectivity index (χ2n) is 7.45. The molecule has 0 unspecified atom stereocenters. The van der Waals surface area contributed by atoms with Gasteiger partial charge in [-0.25, -0.2) is 4.79 Å². The van der Waals surface area contributed by atoms with Gasteiger partial charge in [0.1, 0.15) is 5.54 Å². The van der Waals surface area contributed by atoms with Gasteiger partial charge in [-0.3, -0.25) is 15.0 Å². The monoisotopic (exact) mass is 428 g/mol. The van der Waals surface area contributed by atoms with E-state index in [9.17, 15) is 14.4 Å². The van der Waals surface area contributed by atoms with Crippen LogP contribution in [0.15, 0.2) is 35.5 Å².